The van der Waals surface area contributed by atoms with Crippen molar-refractivity contribution in [2.75, 3.05) is 6.61 Å². The summed E-state index contributed by atoms with van der Waals surface area (Å²) in [5.74, 6) is 0.658. The zero-order valence-electron chi connectivity index (χ0n) is 14.6. The van der Waals surface area contributed by atoms with Gasteiger partial charge in [0, 0.05) is 24.2 Å². The van der Waals surface area contributed by atoms with E-state index in [0.717, 1.165) is 31.3 Å². The SMILES string of the molecule is CC12CC(N)C(N)C(N)C1CCC(N)C2C/C=C1\C(N)COC1N. The minimum atomic E-state index is -0.396. The number of rotatable bonds is 2. The van der Waals surface area contributed by atoms with Crippen molar-refractivity contribution in [3.63, 3.8) is 0 Å². The summed E-state index contributed by atoms with van der Waals surface area (Å²) in [4.78, 5) is 0. The summed E-state index contributed by atoms with van der Waals surface area (Å²) in [5, 5.41) is 0. The Morgan fingerprint density at radius 3 is 2.38 bits per heavy atom. The average Bonchev–Trinajstić information content (AvgIpc) is 2.83. The maximum absolute atomic E-state index is 6.51. The van der Waals surface area contributed by atoms with Gasteiger partial charge in [-0.3, -0.25) is 0 Å². The van der Waals surface area contributed by atoms with Gasteiger partial charge in [-0.15, -0.1) is 0 Å². The van der Waals surface area contributed by atoms with Gasteiger partial charge in [0.1, 0.15) is 6.23 Å². The maximum Gasteiger partial charge on any atom is 0.129 e. The van der Waals surface area contributed by atoms with Crippen LogP contribution in [0, 0.1) is 17.3 Å². The van der Waals surface area contributed by atoms with Crippen LogP contribution in [0.4, 0.5) is 0 Å². The number of fused-ring (bicyclic) bond motifs is 1. The van der Waals surface area contributed by atoms with Crippen LogP contribution in [0.1, 0.15) is 32.6 Å². The molecule has 3 rings (SSSR count). The van der Waals surface area contributed by atoms with Gasteiger partial charge in [0.2, 0.25) is 0 Å². The quantitative estimate of drug-likeness (QED) is 0.340. The normalized spacial score (nSPS) is 54.0. The van der Waals surface area contributed by atoms with Gasteiger partial charge < -0.3 is 39.1 Å². The highest BCUT2D eigenvalue weighted by atomic mass is 16.5. The number of nitrogens with two attached hydrogens (primary N) is 6. The van der Waals surface area contributed by atoms with Gasteiger partial charge in [-0.05, 0) is 48.5 Å². The minimum absolute atomic E-state index is 0.00289. The van der Waals surface area contributed by atoms with E-state index >= 15 is 0 Å². The van der Waals surface area contributed by atoms with Gasteiger partial charge in [0.05, 0.1) is 12.6 Å². The van der Waals surface area contributed by atoms with Gasteiger partial charge >= 0.3 is 0 Å². The van der Waals surface area contributed by atoms with E-state index in [1.165, 1.54) is 0 Å². The fraction of sp³-hybridized carbons (Fsp3) is 0.882. The maximum atomic E-state index is 6.51. The first-order valence-electron chi connectivity index (χ1n) is 9.10. The van der Waals surface area contributed by atoms with Crippen molar-refractivity contribution in [3.8, 4) is 0 Å². The van der Waals surface area contributed by atoms with Crippen LogP contribution in [-0.2, 0) is 4.74 Å². The molecule has 0 spiro atoms. The largest absolute Gasteiger partial charge is 0.358 e. The molecule has 0 aromatic carbocycles. The number of ether oxygens (including phenoxy) is 1. The second kappa shape index (κ2) is 6.64. The molecule has 2 saturated carbocycles. The molecule has 3 aliphatic rings. The van der Waals surface area contributed by atoms with Gasteiger partial charge in [0.25, 0.3) is 0 Å². The van der Waals surface area contributed by atoms with Crippen LogP contribution in [0.3, 0.4) is 0 Å². The fourth-order valence-corrected chi connectivity index (χ4v) is 5.38. The van der Waals surface area contributed by atoms with Crippen LogP contribution in [0.2, 0.25) is 0 Å². The molecule has 2 aliphatic carbocycles. The lowest BCUT2D eigenvalue weighted by molar-refractivity contribution is -0.0346. The molecule has 7 nitrogen and oxygen atoms in total. The van der Waals surface area contributed by atoms with Crippen molar-refractivity contribution >= 4 is 0 Å². The summed E-state index contributed by atoms with van der Waals surface area (Å²) in [5.41, 5.74) is 38.6. The lowest BCUT2D eigenvalue weighted by atomic mass is 9.50. The summed E-state index contributed by atoms with van der Waals surface area (Å²) in [6, 6.07) is -0.275. The van der Waals surface area contributed by atoms with E-state index in [-0.39, 0.29) is 35.6 Å². The first-order valence-corrected chi connectivity index (χ1v) is 9.10. The molecule has 1 heterocycles. The van der Waals surface area contributed by atoms with Crippen molar-refractivity contribution in [3.05, 3.63) is 11.6 Å². The Balaban J connectivity index is 1.84. The monoisotopic (exact) mass is 338 g/mol. The van der Waals surface area contributed by atoms with Crippen LogP contribution in [0.5, 0.6) is 0 Å². The molecule has 138 valence electrons. The molecule has 9 unspecified atom stereocenters. The van der Waals surface area contributed by atoms with Crippen molar-refractivity contribution in [1.82, 2.24) is 0 Å². The molecule has 0 amide bonds. The fourth-order valence-electron chi connectivity index (χ4n) is 5.38. The Labute approximate surface area is 144 Å². The van der Waals surface area contributed by atoms with E-state index in [0.29, 0.717) is 18.4 Å². The molecular weight excluding hydrogens is 304 g/mol. The number of allylic oxidation sites excluding steroid dienone is 1. The van der Waals surface area contributed by atoms with Gasteiger partial charge in [-0.2, -0.15) is 0 Å². The molecule has 0 bridgehead atoms. The topological polar surface area (TPSA) is 165 Å². The molecule has 1 aliphatic heterocycles. The Kier molecular flexibility index (Phi) is 5.05. The molecule has 3 fully saturated rings. The first-order chi connectivity index (χ1) is 11.3. The van der Waals surface area contributed by atoms with Gasteiger partial charge in [-0.25, -0.2) is 0 Å². The molecule has 24 heavy (non-hydrogen) atoms. The Hall–Kier alpha value is -0.540. The Morgan fingerprint density at radius 1 is 1.04 bits per heavy atom. The van der Waals surface area contributed by atoms with E-state index in [1.807, 2.05) is 0 Å². The standard InChI is InChI=1S/C17H34N6O/c1-17-6-12(19)15(22)14(21)10(17)4-5-11(18)9(17)3-2-8-13(20)7-24-16(8)23/h2,9-16H,3-7,18-23H2,1H3/b8-2+. The molecule has 0 aromatic heterocycles. The molecule has 1 saturated heterocycles. The van der Waals surface area contributed by atoms with E-state index in [4.69, 9.17) is 39.1 Å². The average molecular weight is 339 g/mol. The molecule has 12 N–H and O–H groups in total. The van der Waals surface area contributed by atoms with Crippen LogP contribution in [0.25, 0.3) is 0 Å². The molecule has 0 radical (unpaired) electrons. The molecule has 0 aromatic rings. The number of hydrogen-bond acceptors (Lipinski definition) is 7. The second-order valence-electron chi connectivity index (χ2n) is 8.28. The van der Waals surface area contributed by atoms with Crippen LogP contribution >= 0.6 is 0 Å². The predicted molar refractivity (Wildman–Crippen MR) is 95.4 cm³/mol. The summed E-state index contributed by atoms with van der Waals surface area (Å²) >= 11 is 0. The van der Waals surface area contributed by atoms with Crippen molar-refractivity contribution in [1.29, 1.82) is 0 Å². The highest BCUT2D eigenvalue weighted by Crippen LogP contribution is 2.53. The van der Waals surface area contributed by atoms with E-state index < -0.39 is 6.23 Å². The van der Waals surface area contributed by atoms with Crippen molar-refractivity contribution in [2.24, 2.45) is 51.7 Å². The summed E-state index contributed by atoms with van der Waals surface area (Å²) in [6.45, 7) is 2.77. The lowest BCUT2D eigenvalue weighted by Gasteiger charge is -2.58. The molecule has 7 heteroatoms. The van der Waals surface area contributed by atoms with Crippen LogP contribution in [0.15, 0.2) is 11.6 Å². The van der Waals surface area contributed by atoms with Crippen LogP contribution < -0.4 is 34.4 Å². The highest BCUT2D eigenvalue weighted by molar-refractivity contribution is 5.20. The molecular formula is C17H34N6O. The third-order valence-corrected chi connectivity index (χ3v) is 6.92. The highest BCUT2D eigenvalue weighted by Gasteiger charge is 2.54. The molecule has 9 atom stereocenters. The smallest absolute Gasteiger partial charge is 0.129 e. The van der Waals surface area contributed by atoms with E-state index in [2.05, 4.69) is 13.0 Å². The second-order valence-corrected chi connectivity index (χ2v) is 8.28. The lowest BCUT2D eigenvalue weighted by Crippen LogP contribution is -2.68. The van der Waals surface area contributed by atoms with E-state index in [1.54, 1.807) is 0 Å². The third-order valence-electron chi connectivity index (χ3n) is 6.92. The Bertz CT molecular complexity index is 487. The van der Waals surface area contributed by atoms with Gasteiger partial charge in [0.15, 0.2) is 0 Å². The zero-order valence-corrected chi connectivity index (χ0v) is 14.6. The summed E-state index contributed by atoms with van der Waals surface area (Å²) in [6.07, 6.45) is 5.44. The van der Waals surface area contributed by atoms with Crippen LogP contribution in [-0.4, -0.2) is 43.0 Å². The first kappa shape index (κ1) is 18.3. The van der Waals surface area contributed by atoms with Gasteiger partial charge in [-0.1, -0.05) is 13.0 Å². The summed E-state index contributed by atoms with van der Waals surface area (Å²) < 4.78 is 5.42. The summed E-state index contributed by atoms with van der Waals surface area (Å²) in [7, 11) is 0. The predicted octanol–water partition coefficient (Wildman–Crippen LogP) is -1.31. The van der Waals surface area contributed by atoms with Crippen molar-refractivity contribution < 1.29 is 4.74 Å². The third kappa shape index (κ3) is 2.92. The van der Waals surface area contributed by atoms with E-state index in [9.17, 15) is 0 Å². The number of hydrogen-bond donors (Lipinski definition) is 6. The minimum Gasteiger partial charge on any atom is -0.358 e. The van der Waals surface area contributed by atoms with Crippen molar-refractivity contribution in [2.45, 2.75) is 69.0 Å². The zero-order chi connectivity index (χ0) is 17.6. The Morgan fingerprint density at radius 2 is 1.75 bits per heavy atom.